The third-order valence-electron chi connectivity index (χ3n) is 2.43. The topological polar surface area (TPSA) is 26.0 Å². The second-order valence-corrected chi connectivity index (χ2v) is 4.08. The zero-order valence-electron chi connectivity index (χ0n) is 9.29. The summed E-state index contributed by atoms with van der Waals surface area (Å²) in [5.74, 6) is -0.828. The van der Waals surface area contributed by atoms with E-state index in [0.29, 0.717) is 21.7 Å². The van der Waals surface area contributed by atoms with Gasteiger partial charge in [-0.2, -0.15) is 0 Å². The van der Waals surface area contributed by atoms with Crippen LogP contribution in [0.25, 0.3) is 11.1 Å². The first-order chi connectivity index (χ1) is 8.10. The number of hydrogen-bond donors (Lipinski definition) is 1. The fourth-order valence-corrected chi connectivity index (χ4v) is 1.87. The molecule has 2 aromatic rings. The van der Waals surface area contributed by atoms with Crippen LogP contribution in [0.4, 0.5) is 8.78 Å². The van der Waals surface area contributed by atoms with E-state index in [0.717, 1.165) is 0 Å². The largest absolute Gasteiger partial charge is 0.326 e. The molecule has 18 heavy (non-hydrogen) atoms. The Bertz CT molecular complexity index is 559. The smallest absolute Gasteiger partial charge is 0.124 e. The molecule has 0 spiro atoms. The maximum atomic E-state index is 13.3. The molecule has 2 aromatic carbocycles. The maximum Gasteiger partial charge on any atom is 0.124 e. The lowest BCUT2D eigenvalue weighted by Crippen LogP contribution is -1.97. The van der Waals surface area contributed by atoms with Crippen molar-refractivity contribution in [1.82, 2.24) is 0 Å². The van der Waals surface area contributed by atoms with Gasteiger partial charge in [-0.1, -0.05) is 11.6 Å². The summed E-state index contributed by atoms with van der Waals surface area (Å²) in [6, 6.07) is 8.33. The van der Waals surface area contributed by atoms with E-state index in [4.69, 9.17) is 17.3 Å². The van der Waals surface area contributed by atoms with Crippen molar-refractivity contribution in [3.8, 4) is 11.1 Å². The highest BCUT2D eigenvalue weighted by molar-refractivity contribution is 6.33. The van der Waals surface area contributed by atoms with E-state index in [1.54, 1.807) is 6.07 Å². The lowest BCUT2D eigenvalue weighted by molar-refractivity contribution is 0.624. The molecule has 0 saturated carbocycles. The van der Waals surface area contributed by atoms with Gasteiger partial charge in [0.25, 0.3) is 0 Å². The van der Waals surface area contributed by atoms with Gasteiger partial charge in [0.2, 0.25) is 0 Å². The van der Waals surface area contributed by atoms with Crippen LogP contribution in [0.3, 0.4) is 0 Å². The molecular weight excluding hydrogens is 279 g/mol. The quantitative estimate of drug-likeness (QED) is 0.882. The Labute approximate surface area is 115 Å². The summed E-state index contributed by atoms with van der Waals surface area (Å²) in [6.45, 7) is 0.220. The summed E-state index contributed by atoms with van der Waals surface area (Å²) < 4.78 is 26.5. The summed E-state index contributed by atoms with van der Waals surface area (Å²) in [5, 5.41) is 0.375. The highest BCUT2D eigenvalue weighted by Gasteiger charge is 2.07. The number of hydrogen-bond acceptors (Lipinski definition) is 1. The van der Waals surface area contributed by atoms with Crippen LogP contribution < -0.4 is 5.73 Å². The number of halogens is 4. The molecule has 0 aromatic heterocycles. The third kappa shape index (κ3) is 3.19. The average molecular weight is 290 g/mol. The van der Waals surface area contributed by atoms with E-state index in [9.17, 15) is 8.78 Å². The van der Waals surface area contributed by atoms with E-state index in [1.807, 2.05) is 0 Å². The van der Waals surface area contributed by atoms with Crippen LogP contribution in [0.15, 0.2) is 36.4 Å². The van der Waals surface area contributed by atoms with Crippen LogP contribution in [0.5, 0.6) is 0 Å². The molecule has 0 aliphatic rings. The highest BCUT2D eigenvalue weighted by atomic mass is 35.5. The van der Waals surface area contributed by atoms with Gasteiger partial charge in [0.05, 0.1) is 0 Å². The number of nitrogens with two attached hydrogens (primary N) is 1. The van der Waals surface area contributed by atoms with Crippen molar-refractivity contribution in [2.45, 2.75) is 6.54 Å². The standard InChI is InChI=1S/C13H10ClF2N.ClH/c14-13-2-1-10(15)6-12(13)9-3-8(7-17)4-11(16)5-9;/h1-6H,7,17H2;1H. The van der Waals surface area contributed by atoms with Gasteiger partial charge in [-0.3, -0.25) is 0 Å². The van der Waals surface area contributed by atoms with E-state index >= 15 is 0 Å². The minimum Gasteiger partial charge on any atom is -0.326 e. The van der Waals surface area contributed by atoms with Crippen LogP contribution in [-0.2, 0) is 6.54 Å². The summed E-state index contributed by atoms with van der Waals surface area (Å²) in [7, 11) is 0. The summed E-state index contributed by atoms with van der Waals surface area (Å²) >= 11 is 5.96. The second-order valence-electron chi connectivity index (χ2n) is 3.68. The molecular formula is C13H11Cl2F2N. The average Bonchev–Trinajstić information content (AvgIpc) is 2.31. The summed E-state index contributed by atoms with van der Waals surface area (Å²) in [4.78, 5) is 0. The highest BCUT2D eigenvalue weighted by Crippen LogP contribution is 2.29. The number of benzene rings is 2. The fourth-order valence-electron chi connectivity index (χ4n) is 1.64. The molecule has 0 saturated heterocycles. The maximum absolute atomic E-state index is 13.3. The van der Waals surface area contributed by atoms with Crippen molar-refractivity contribution in [3.63, 3.8) is 0 Å². The minimum atomic E-state index is -0.414. The van der Waals surface area contributed by atoms with Gasteiger partial charge in [0, 0.05) is 17.1 Å². The molecule has 2 N–H and O–H groups in total. The SMILES string of the molecule is Cl.NCc1cc(F)cc(-c2cc(F)ccc2Cl)c1. The Kier molecular flexibility index (Phi) is 5.08. The van der Waals surface area contributed by atoms with Crippen molar-refractivity contribution in [2.24, 2.45) is 5.73 Å². The molecule has 0 atom stereocenters. The summed E-state index contributed by atoms with van der Waals surface area (Å²) in [5.41, 5.74) is 7.08. The molecule has 0 heterocycles. The monoisotopic (exact) mass is 289 g/mol. The van der Waals surface area contributed by atoms with E-state index in [2.05, 4.69) is 0 Å². The van der Waals surface area contributed by atoms with Gasteiger partial charge in [-0.05, 0) is 47.5 Å². The first-order valence-corrected chi connectivity index (χ1v) is 5.43. The Morgan fingerprint density at radius 2 is 1.72 bits per heavy atom. The Morgan fingerprint density at radius 1 is 1.00 bits per heavy atom. The second kappa shape index (κ2) is 6.14. The molecule has 0 aliphatic heterocycles. The molecule has 0 radical (unpaired) electrons. The molecule has 0 aliphatic carbocycles. The summed E-state index contributed by atoms with van der Waals surface area (Å²) in [6.07, 6.45) is 0. The van der Waals surface area contributed by atoms with Crippen molar-refractivity contribution in [3.05, 3.63) is 58.6 Å². The van der Waals surface area contributed by atoms with E-state index < -0.39 is 11.6 Å². The van der Waals surface area contributed by atoms with Gasteiger partial charge in [0.1, 0.15) is 11.6 Å². The molecule has 5 heteroatoms. The molecule has 2 rings (SSSR count). The predicted octanol–water partition coefficient (Wildman–Crippen LogP) is 4.17. The van der Waals surface area contributed by atoms with Gasteiger partial charge in [-0.15, -0.1) is 12.4 Å². The van der Waals surface area contributed by atoms with Gasteiger partial charge >= 0.3 is 0 Å². The van der Waals surface area contributed by atoms with Crippen LogP contribution in [0, 0.1) is 11.6 Å². The first kappa shape index (κ1) is 14.9. The Morgan fingerprint density at radius 3 is 2.39 bits per heavy atom. The normalized spacial score (nSPS) is 10.0. The lowest BCUT2D eigenvalue weighted by atomic mass is 10.0. The predicted molar refractivity (Wildman–Crippen MR) is 71.9 cm³/mol. The van der Waals surface area contributed by atoms with Crippen molar-refractivity contribution in [2.75, 3.05) is 0 Å². The van der Waals surface area contributed by atoms with Crippen LogP contribution >= 0.6 is 24.0 Å². The fraction of sp³-hybridized carbons (Fsp3) is 0.0769. The molecule has 0 fully saturated rings. The van der Waals surface area contributed by atoms with Crippen molar-refractivity contribution >= 4 is 24.0 Å². The zero-order chi connectivity index (χ0) is 12.4. The Balaban J connectivity index is 0.00000162. The van der Waals surface area contributed by atoms with Crippen LogP contribution in [0.1, 0.15) is 5.56 Å². The molecule has 0 unspecified atom stereocenters. The van der Waals surface area contributed by atoms with Crippen molar-refractivity contribution < 1.29 is 8.78 Å². The third-order valence-corrected chi connectivity index (χ3v) is 2.76. The molecule has 0 amide bonds. The van der Waals surface area contributed by atoms with E-state index in [-0.39, 0.29) is 19.0 Å². The zero-order valence-corrected chi connectivity index (χ0v) is 10.9. The first-order valence-electron chi connectivity index (χ1n) is 5.05. The molecule has 1 nitrogen and oxygen atoms in total. The molecule has 0 bridgehead atoms. The molecule has 96 valence electrons. The van der Waals surface area contributed by atoms with Gasteiger partial charge < -0.3 is 5.73 Å². The van der Waals surface area contributed by atoms with Gasteiger partial charge in [0.15, 0.2) is 0 Å². The van der Waals surface area contributed by atoms with Crippen LogP contribution in [0.2, 0.25) is 5.02 Å². The van der Waals surface area contributed by atoms with Gasteiger partial charge in [-0.25, -0.2) is 8.78 Å². The number of rotatable bonds is 2. The lowest BCUT2D eigenvalue weighted by Gasteiger charge is -2.07. The minimum absolute atomic E-state index is 0. The van der Waals surface area contributed by atoms with Crippen LogP contribution in [-0.4, -0.2) is 0 Å². The Hall–Kier alpha value is -1.16. The van der Waals surface area contributed by atoms with Crippen molar-refractivity contribution in [1.29, 1.82) is 0 Å². The van der Waals surface area contributed by atoms with E-state index in [1.165, 1.54) is 30.3 Å².